The van der Waals surface area contributed by atoms with Crippen LogP contribution < -0.4 is 10.5 Å². The topological polar surface area (TPSA) is 104 Å². The van der Waals surface area contributed by atoms with Gasteiger partial charge in [0.15, 0.2) is 0 Å². The zero-order chi connectivity index (χ0) is 14.0. The number of nitrogens with two attached hydrogens (primary N) is 1. The fourth-order valence-electron chi connectivity index (χ4n) is 1.46. The summed E-state index contributed by atoms with van der Waals surface area (Å²) in [4.78, 5) is 18.3. The van der Waals surface area contributed by atoms with Crippen LogP contribution in [0.1, 0.15) is 5.82 Å². The number of anilines is 1. The van der Waals surface area contributed by atoms with Gasteiger partial charge in [0.05, 0.1) is 9.40 Å². The van der Waals surface area contributed by atoms with E-state index in [-0.39, 0.29) is 23.1 Å². The van der Waals surface area contributed by atoms with Crippen molar-refractivity contribution in [3.05, 3.63) is 44.7 Å². The van der Waals surface area contributed by atoms with Gasteiger partial charge >= 0.3 is 5.69 Å². The Morgan fingerprint density at radius 3 is 2.79 bits per heavy atom. The molecule has 0 fully saturated rings. The first-order chi connectivity index (χ1) is 8.97. The van der Waals surface area contributed by atoms with Gasteiger partial charge in [-0.1, -0.05) is 6.07 Å². The van der Waals surface area contributed by atoms with Crippen LogP contribution in [0.15, 0.2) is 28.7 Å². The van der Waals surface area contributed by atoms with Crippen molar-refractivity contribution in [3.8, 4) is 11.6 Å². The summed E-state index contributed by atoms with van der Waals surface area (Å²) in [5, 5.41) is 10.9. The van der Waals surface area contributed by atoms with E-state index in [0.717, 1.165) is 0 Å². The van der Waals surface area contributed by atoms with E-state index in [2.05, 4.69) is 25.9 Å². The minimum atomic E-state index is -0.530. The van der Waals surface area contributed by atoms with E-state index in [1.807, 2.05) is 0 Å². The van der Waals surface area contributed by atoms with Crippen molar-refractivity contribution in [2.45, 2.75) is 6.92 Å². The summed E-state index contributed by atoms with van der Waals surface area (Å²) in [5.74, 6) is 0.881. The molecule has 0 aliphatic heterocycles. The lowest BCUT2D eigenvalue weighted by atomic mass is 10.3. The van der Waals surface area contributed by atoms with Gasteiger partial charge in [0, 0.05) is 12.1 Å². The third-order valence-corrected chi connectivity index (χ3v) is 2.81. The normalized spacial score (nSPS) is 10.2. The molecule has 8 heteroatoms. The molecule has 1 aromatic heterocycles. The van der Waals surface area contributed by atoms with Crippen molar-refractivity contribution in [1.29, 1.82) is 0 Å². The number of hydrogen-bond acceptors (Lipinski definition) is 6. The molecule has 1 aromatic carbocycles. The first-order valence-corrected chi connectivity index (χ1v) is 5.98. The van der Waals surface area contributed by atoms with Crippen molar-refractivity contribution in [2.75, 3.05) is 5.73 Å². The van der Waals surface area contributed by atoms with Gasteiger partial charge in [-0.05, 0) is 28.9 Å². The third kappa shape index (κ3) is 2.97. The molecule has 1 heterocycles. The fraction of sp³-hybridized carbons (Fsp3) is 0.0909. The summed E-state index contributed by atoms with van der Waals surface area (Å²) in [5.41, 5.74) is 5.41. The Labute approximate surface area is 116 Å². The number of halogens is 1. The van der Waals surface area contributed by atoms with Gasteiger partial charge in [-0.3, -0.25) is 10.1 Å². The Morgan fingerprint density at radius 1 is 1.42 bits per heavy atom. The predicted octanol–water partition coefficient (Wildman–Crippen LogP) is 2.83. The van der Waals surface area contributed by atoms with Crippen LogP contribution in [-0.4, -0.2) is 14.9 Å². The van der Waals surface area contributed by atoms with Crippen LogP contribution >= 0.6 is 15.9 Å². The Kier molecular flexibility index (Phi) is 3.61. The number of para-hydroxylation sites is 1. The van der Waals surface area contributed by atoms with Crippen molar-refractivity contribution in [3.63, 3.8) is 0 Å². The zero-order valence-corrected chi connectivity index (χ0v) is 11.4. The number of nitrogens with zero attached hydrogens (tertiary/aromatic N) is 3. The lowest BCUT2D eigenvalue weighted by Crippen LogP contribution is -2.00. The Hall–Kier alpha value is -2.22. The van der Waals surface area contributed by atoms with Crippen molar-refractivity contribution in [1.82, 2.24) is 9.97 Å². The Balaban J connectivity index is 2.45. The van der Waals surface area contributed by atoms with E-state index in [4.69, 9.17) is 10.5 Å². The number of nitrogen functional groups attached to an aromatic ring is 1. The second kappa shape index (κ2) is 5.19. The highest BCUT2D eigenvalue weighted by Crippen LogP contribution is 2.37. The predicted molar refractivity (Wildman–Crippen MR) is 72.1 cm³/mol. The number of hydrogen-bond donors (Lipinski definition) is 1. The number of aromatic nitrogens is 2. The van der Waals surface area contributed by atoms with Crippen molar-refractivity contribution < 1.29 is 9.66 Å². The third-order valence-electron chi connectivity index (χ3n) is 2.18. The molecule has 0 unspecified atom stereocenters. The Bertz CT molecular complexity index is 628. The molecule has 0 saturated heterocycles. The summed E-state index contributed by atoms with van der Waals surface area (Å²) in [6.07, 6.45) is 0. The lowest BCUT2D eigenvalue weighted by Gasteiger charge is -2.08. The highest BCUT2D eigenvalue weighted by Gasteiger charge is 2.19. The van der Waals surface area contributed by atoms with E-state index >= 15 is 0 Å². The van der Waals surface area contributed by atoms with Gasteiger partial charge < -0.3 is 10.5 Å². The van der Waals surface area contributed by atoms with E-state index in [0.29, 0.717) is 10.3 Å². The fourth-order valence-corrected chi connectivity index (χ4v) is 1.90. The number of nitro benzene ring substituents is 1. The smallest absolute Gasteiger partial charge is 0.312 e. The molecule has 2 aromatic rings. The molecule has 0 spiro atoms. The molecular formula is C11H9BrN4O3. The molecule has 7 nitrogen and oxygen atoms in total. The molecule has 0 saturated carbocycles. The lowest BCUT2D eigenvalue weighted by molar-refractivity contribution is -0.385. The van der Waals surface area contributed by atoms with Gasteiger partial charge in [-0.15, -0.1) is 0 Å². The zero-order valence-electron chi connectivity index (χ0n) is 9.83. The van der Waals surface area contributed by atoms with Crippen LogP contribution in [0.5, 0.6) is 11.6 Å². The van der Waals surface area contributed by atoms with E-state index < -0.39 is 4.92 Å². The van der Waals surface area contributed by atoms with Crippen LogP contribution in [0.2, 0.25) is 0 Å². The molecule has 19 heavy (non-hydrogen) atoms. The summed E-state index contributed by atoms with van der Waals surface area (Å²) in [6.45, 7) is 1.65. The number of rotatable bonds is 3. The summed E-state index contributed by atoms with van der Waals surface area (Å²) in [6, 6.07) is 5.93. The first-order valence-electron chi connectivity index (χ1n) is 5.19. The quantitative estimate of drug-likeness (QED) is 0.687. The maximum Gasteiger partial charge on any atom is 0.312 e. The molecule has 0 bridgehead atoms. The van der Waals surface area contributed by atoms with Crippen LogP contribution in [-0.2, 0) is 0 Å². The maximum atomic E-state index is 10.9. The average Bonchev–Trinajstić information content (AvgIpc) is 2.30. The molecular weight excluding hydrogens is 316 g/mol. The van der Waals surface area contributed by atoms with Gasteiger partial charge in [0.2, 0.25) is 11.6 Å². The molecule has 0 amide bonds. The molecule has 98 valence electrons. The van der Waals surface area contributed by atoms with Crippen LogP contribution in [0.25, 0.3) is 0 Å². The molecule has 2 N–H and O–H groups in total. The minimum Gasteiger partial charge on any atom is -0.430 e. The van der Waals surface area contributed by atoms with E-state index in [1.54, 1.807) is 19.1 Å². The number of nitro groups is 1. The van der Waals surface area contributed by atoms with Crippen LogP contribution in [0, 0.1) is 17.0 Å². The summed E-state index contributed by atoms with van der Waals surface area (Å²) in [7, 11) is 0. The first kappa shape index (κ1) is 13.2. The largest absolute Gasteiger partial charge is 0.430 e. The van der Waals surface area contributed by atoms with Gasteiger partial charge in [0.25, 0.3) is 0 Å². The SMILES string of the molecule is Cc1nc(N)cc(Oc2c(Br)cccc2[N+](=O)[O-])n1. The van der Waals surface area contributed by atoms with Crippen LogP contribution in [0.3, 0.4) is 0 Å². The monoisotopic (exact) mass is 324 g/mol. The van der Waals surface area contributed by atoms with Crippen LogP contribution in [0.4, 0.5) is 11.5 Å². The number of benzene rings is 1. The molecule has 0 atom stereocenters. The Morgan fingerprint density at radius 2 is 2.16 bits per heavy atom. The molecule has 0 aliphatic rings. The molecule has 0 radical (unpaired) electrons. The van der Waals surface area contributed by atoms with Gasteiger partial charge in [0.1, 0.15) is 11.6 Å². The molecule has 0 aliphatic carbocycles. The van der Waals surface area contributed by atoms with Gasteiger partial charge in [-0.2, -0.15) is 4.98 Å². The summed E-state index contributed by atoms with van der Waals surface area (Å²) >= 11 is 3.21. The maximum absolute atomic E-state index is 10.9. The van der Waals surface area contributed by atoms with Gasteiger partial charge in [-0.25, -0.2) is 4.98 Å². The minimum absolute atomic E-state index is 0.0741. The van der Waals surface area contributed by atoms with Crippen molar-refractivity contribution in [2.24, 2.45) is 0 Å². The van der Waals surface area contributed by atoms with E-state index in [1.165, 1.54) is 12.1 Å². The second-order valence-corrected chi connectivity index (χ2v) is 4.48. The highest BCUT2D eigenvalue weighted by molar-refractivity contribution is 9.10. The second-order valence-electron chi connectivity index (χ2n) is 3.63. The van der Waals surface area contributed by atoms with Crippen molar-refractivity contribution >= 4 is 27.4 Å². The standard InChI is InChI=1S/C11H9BrN4O3/c1-6-14-9(13)5-10(15-6)19-11-7(12)3-2-4-8(11)16(17)18/h2-5H,1H3,(H2,13,14,15). The molecule has 2 rings (SSSR count). The number of aryl methyl sites for hydroxylation is 1. The number of ether oxygens (including phenoxy) is 1. The summed E-state index contributed by atoms with van der Waals surface area (Å²) < 4.78 is 5.90. The van der Waals surface area contributed by atoms with E-state index in [9.17, 15) is 10.1 Å². The highest BCUT2D eigenvalue weighted by atomic mass is 79.9. The average molecular weight is 325 g/mol.